The van der Waals surface area contributed by atoms with Gasteiger partial charge in [-0.25, -0.2) is 18.2 Å². The van der Waals surface area contributed by atoms with E-state index in [1.54, 1.807) is 7.11 Å². The van der Waals surface area contributed by atoms with Gasteiger partial charge in [-0.3, -0.25) is 0 Å². The molecule has 0 bridgehead atoms. The van der Waals surface area contributed by atoms with Gasteiger partial charge in [0.15, 0.2) is 0 Å². The fourth-order valence-corrected chi connectivity index (χ4v) is 6.06. The molecule has 2 aromatic carbocycles. The summed E-state index contributed by atoms with van der Waals surface area (Å²) in [5, 5.41) is 2.60. The van der Waals surface area contributed by atoms with Gasteiger partial charge in [0, 0.05) is 24.0 Å². The molecule has 0 aliphatic carbocycles. The Bertz CT molecular complexity index is 1250. The van der Waals surface area contributed by atoms with Crippen LogP contribution in [0.3, 0.4) is 0 Å². The Morgan fingerprint density at radius 3 is 2.61 bits per heavy atom. The molecule has 0 radical (unpaired) electrons. The number of carbonyl (C=O) groups excluding carboxylic acids is 1. The molecule has 0 atom stereocenters. The molecule has 0 amide bonds. The van der Waals surface area contributed by atoms with Gasteiger partial charge in [-0.15, -0.1) is 11.3 Å². The zero-order valence-electron chi connectivity index (χ0n) is 18.3. The van der Waals surface area contributed by atoms with E-state index in [0.29, 0.717) is 18.8 Å². The normalized spacial score (nSPS) is 14.2. The van der Waals surface area contributed by atoms with Crippen LogP contribution < -0.4 is 9.47 Å². The zero-order chi connectivity index (χ0) is 23.4. The number of carbonyl (C=O) groups is 1. The predicted octanol–water partition coefficient (Wildman–Crippen LogP) is 3.97. The summed E-state index contributed by atoms with van der Waals surface area (Å²) in [6.07, 6.45) is 1.63. The van der Waals surface area contributed by atoms with Gasteiger partial charge in [-0.05, 0) is 43.2 Å². The highest BCUT2D eigenvalue weighted by molar-refractivity contribution is 7.89. The lowest BCUT2D eigenvalue weighted by Crippen LogP contribution is -2.28. The number of esters is 1. The first-order chi connectivity index (χ1) is 15.9. The standard InChI is InChI=1S/C23H24N2O6S2/c1-29-19-7-5-6-16(12-19)22-24-18(15-32-22)14-31-23(26)17-8-9-20(30-2)21(13-17)33(27,28)25-10-3-4-11-25/h5-9,12-13,15H,3-4,10-11,14H2,1-2H3. The van der Waals surface area contributed by atoms with Crippen LogP contribution in [0.5, 0.6) is 11.5 Å². The largest absolute Gasteiger partial charge is 0.497 e. The summed E-state index contributed by atoms with van der Waals surface area (Å²) in [5.74, 6) is 0.294. The topological polar surface area (TPSA) is 95.0 Å². The summed E-state index contributed by atoms with van der Waals surface area (Å²) < 4.78 is 43.4. The van der Waals surface area contributed by atoms with Gasteiger partial charge in [0.2, 0.25) is 10.0 Å². The molecule has 1 aromatic heterocycles. The highest BCUT2D eigenvalue weighted by Crippen LogP contribution is 2.30. The SMILES string of the molecule is COc1cccc(-c2nc(COC(=O)c3ccc(OC)c(S(=O)(=O)N4CCCC4)c3)cs2)c1. The number of benzene rings is 2. The van der Waals surface area contributed by atoms with Gasteiger partial charge in [0.25, 0.3) is 0 Å². The number of ether oxygens (including phenoxy) is 3. The van der Waals surface area contributed by atoms with E-state index in [4.69, 9.17) is 14.2 Å². The minimum absolute atomic E-state index is 0.0282. The minimum atomic E-state index is -3.76. The molecule has 1 aliphatic rings. The van der Waals surface area contributed by atoms with Crippen LogP contribution >= 0.6 is 11.3 Å². The number of hydrogen-bond donors (Lipinski definition) is 0. The average Bonchev–Trinajstić information content (AvgIpc) is 3.55. The van der Waals surface area contributed by atoms with E-state index in [2.05, 4.69) is 4.98 Å². The summed E-state index contributed by atoms with van der Waals surface area (Å²) >= 11 is 1.43. The molecule has 174 valence electrons. The quantitative estimate of drug-likeness (QED) is 0.443. The fourth-order valence-electron chi connectivity index (χ4n) is 3.56. The van der Waals surface area contributed by atoms with Gasteiger partial charge in [-0.2, -0.15) is 4.31 Å². The molecule has 3 aromatic rings. The van der Waals surface area contributed by atoms with E-state index in [-0.39, 0.29) is 22.8 Å². The van der Waals surface area contributed by atoms with Crippen LogP contribution in [0.1, 0.15) is 28.9 Å². The Morgan fingerprint density at radius 1 is 1.09 bits per heavy atom. The summed E-state index contributed by atoms with van der Waals surface area (Å²) in [7, 11) is -0.753. The molecule has 1 saturated heterocycles. The number of thiazole rings is 1. The first-order valence-corrected chi connectivity index (χ1v) is 12.7. The maximum Gasteiger partial charge on any atom is 0.338 e. The van der Waals surface area contributed by atoms with Gasteiger partial charge < -0.3 is 14.2 Å². The maximum atomic E-state index is 13.0. The van der Waals surface area contributed by atoms with E-state index < -0.39 is 16.0 Å². The van der Waals surface area contributed by atoms with Gasteiger partial charge >= 0.3 is 5.97 Å². The van der Waals surface area contributed by atoms with Crippen molar-refractivity contribution in [1.82, 2.24) is 9.29 Å². The summed E-state index contributed by atoms with van der Waals surface area (Å²) in [6.45, 7) is 0.888. The number of methoxy groups -OCH3 is 2. The van der Waals surface area contributed by atoms with Crippen molar-refractivity contribution in [2.24, 2.45) is 0 Å². The monoisotopic (exact) mass is 488 g/mol. The molecule has 33 heavy (non-hydrogen) atoms. The smallest absolute Gasteiger partial charge is 0.338 e. The third-order valence-electron chi connectivity index (χ3n) is 5.30. The van der Waals surface area contributed by atoms with Crippen molar-refractivity contribution in [2.75, 3.05) is 27.3 Å². The number of sulfonamides is 1. The van der Waals surface area contributed by atoms with E-state index in [0.717, 1.165) is 29.2 Å². The molecule has 10 heteroatoms. The summed E-state index contributed by atoms with van der Waals surface area (Å²) in [4.78, 5) is 17.2. The highest BCUT2D eigenvalue weighted by Gasteiger charge is 2.30. The van der Waals surface area contributed by atoms with Crippen molar-refractivity contribution >= 4 is 27.3 Å². The van der Waals surface area contributed by atoms with Gasteiger partial charge in [-0.1, -0.05) is 12.1 Å². The van der Waals surface area contributed by atoms with E-state index in [1.165, 1.54) is 41.0 Å². The second-order valence-corrected chi connectivity index (χ2v) is 10.2. The summed E-state index contributed by atoms with van der Waals surface area (Å²) in [5.41, 5.74) is 1.64. The number of aromatic nitrogens is 1. The van der Waals surface area contributed by atoms with E-state index in [1.807, 2.05) is 29.6 Å². The van der Waals surface area contributed by atoms with Crippen LogP contribution in [0.15, 0.2) is 52.7 Å². The van der Waals surface area contributed by atoms with Crippen molar-refractivity contribution in [2.45, 2.75) is 24.3 Å². The zero-order valence-corrected chi connectivity index (χ0v) is 19.9. The Hall–Kier alpha value is -2.95. The fraction of sp³-hybridized carbons (Fsp3) is 0.304. The molecule has 0 unspecified atom stereocenters. The second-order valence-electron chi connectivity index (χ2n) is 7.43. The molecule has 0 N–H and O–H groups in total. The minimum Gasteiger partial charge on any atom is -0.497 e. The maximum absolute atomic E-state index is 13.0. The van der Waals surface area contributed by atoms with Crippen molar-refractivity contribution in [3.05, 3.63) is 59.1 Å². The third kappa shape index (κ3) is 5.02. The molecule has 8 nitrogen and oxygen atoms in total. The molecule has 4 rings (SSSR count). The lowest BCUT2D eigenvalue weighted by molar-refractivity contribution is 0.0468. The van der Waals surface area contributed by atoms with E-state index >= 15 is 0 Å². The van der Waals surface area contributed by atoms with Crippen molar-refractivity contribution in [3.63, 3.8) is 0 Å². The third-order valence-corrected chi connectivity index (χ3v) is 8.16. The number of rotatable bonds is 8. The molecule has 0 spiro atoms. The molecule has 1 aliphatic heterocycles. The van der Waals surface area contributed by atoms with Crippen molar-refractivity contribution < 1.29 is 27.4 Å². The van der Waals surface area contributed by atoms with Crippen LogP contribution in [0.25, 0.3) is 10.6 Å². The number of nitrogens with zero attached hydrogens (tertiary/aromatic N) is 2. The Kier molecular flexibility index (Phi) is 6.96. The van der Waals surface area contributed by atoms with Crippen LogP contribution in [0.4, 0.5) is 0 Å². The Balaban J connectivity index is 1.48. The predicted molar refractivity (Wildman–Crippen MR) is 124 cm³/mol. The van der Waals surface area contributed by atoms with Crippen LogP contribution in [-0.2, 0) is 21.4 Å². The van der Waals surface area contributed by atoms with Crippen LogP contribution in [0.2, 0.25) is 0 Å². The first-order valence-electron chi connectivity index (χ1n) is 10.4. The molecule has 0 saturated carbocycles. The summed E-state index contributed by atoms with van der Waals surface area (Å²) in [6, 6.07) is 11.8. The van der Waals surface area contributed by atoms with Gasteiger partial charge in [0.1, 0.15) is 28.0 Å². The first kappa shape index (κ1) is 23.2. The number of hydrogen-bond acceptors (Lipinski definition) is 8. The Morgan fingerprint density at radius 2 is 1.88 bits per heavy atom. The van der Waals surface area contributed by atoms with Crippen LogP contribution in [-0.4, -0.2) is 51.0 Å². The van der Waals surface area contributed by atoms with Crippen molar-refractivity contribution in [3.8, 4) is 22.1 Å². The van der Waals surface area contributed by atoms with Crippen LogP contribution in [0, 0.1) is 0 Å². The molecule has 1 fully saturated rings. The lowest BCUT2D eigenvalue weighted by atomic mass is 10.2. The Labute approximate surface area is 196 Å². The lowest BCUT2D eigenvalue weighted by Gasteiger charge is -2.18. The molecular formula is C23H24N2O6S2. The second kappa shape index (κ2) is 9.90. The van der Waals surface area contributed by atoms with Gasteiger partial charge in [0.05, 0.1) is 25.5 Å². The van der Waals surface area contributed by atoms with E-state index in [9.17, 15) is 13.2 Å². The molecule has 2 heterocycles. The average molecular weight is 489 g/mol. The molecular weight excluding hydrogens is 464 g/mol. The van der Waals surface area contributed by atoms with Crippen molar-refractivity contribution in [1.29, 1.82) is 0 Å². The highest BCUT2D eigenvalue weighted by atomic mass is 32.2.